The minimum atomic E-state index is -2.80. The molecule has 10 atom stereocenters. The Morgan fingerprint density at radius 1 is 0.592 bits per heavy atom. The summed E-state index contributed by atoms with van der Waals surface area (Å²) < 4.78 is 58.0. The van der Waals surface area contributed by atoms with Gasteiger partial charge in [-0.05, 0) is 85.0 Å². The van der Waals surface area contributed by atoms with Gasteiger partial charge in [0.15, 0.2) is 24.0 Å². The first-order valence-electron chi connectivity index (χ1n) is 26.1. The van der Waals surface area contributed by atoms with Gasteiger partial charge >= 0.3 is 11.4 Å². The zero-order chi connectivity index (χ0) is 52.9. The van der Waals surface area contributed by atoms with Gasteiger partial charge in [-0.3, -0.25) is 28.7 Å². The van der Waals surface area contributed by atoms with Crippen molar-refractivity contribution >= 4 is 24.7 Å². The molecule has 0 bridgehead atoms. The Hall–Kier alpha value is -3.19. The third kappa shape index (κ3) is 11.0. The van der Waals surface area contributed by atoms with Crippen LogP contribution in [0.1, 0.15) is 150 Å². The Bertz CT molecular complexity index is 2520. The van der Waals surface area contributed by atoms with E-state index in [-0.39, 0.29) is 38.9 Å². The fraction of sp³-hybridized carbons (Fsp3) is 0.769. The van der Waals surface area contributed by atoms with E-state index in [0.29, 0.717) is 0 Å². The fourth-order valence-corrected chi connectivity index (χ4v) is 26.0. The first-order chi connectivity index (χ1) is 33.0. The van der Waals surface area contributed by atoms with E-state index >= 15 is 0 Å². The van der Waals surface area contributed by atoms with Crippen LogP contribution in [0.15, 0.2) is 37.5 Å². The molecule has 71 heavy (non-hydrogen) atoms. The summed E-state index contributed by atoms with van der Waals surface area (Å²) in [6, 6.07) is 5.52. The average Bonchev–Trinajstić information content (AvgIpc) is 3.97. The largest absolute Gasteiger partial charge is 0.400 e. The van der Waals surface area contributed by atoms with Crippen LogP contribution >= 0.6 is 0 Å². The van der Waals surface area contributed by atoms with Gasteiger partial charge in [0, 0.05) is 18.3 Å². The number of H-pyrrole nitrogens is 2. The van der Waals surface area contributed by atoms with Crippen LogP contribution in [0.4, 0.5) is 0 Å². The van der Waals surface area contributed by atoms with E-state index in [1.54, 1.807) is 13.8 Å². The second-order valence-corrected chi connectivity index (χ2v) is 38.7. The van der Waals surface area contributed by atoms with Crippen LogP contribution in [-0.4, -0.2) is 104 Å². The molecule has 6 heterocycles. The number of hydrogen-bond donors (Lipinski definition) is 2. The SMILES string of the molecule is CC[Si](C#C[C@@H](O[Si](C(C)C)(C(C)C)C(C)C)[C@H]1O[C@@H](n2c(C#C[C@@H](O[Si](C(C)C)(C(C)C)C(C)C)[C@H]3O[C@@H](n4ccc(=O)[nH]c4=O)[C@@H]4OC(C)(C)O[C@@H]43)cc(=O)[nH]c2=O)[C@@H]2OC(C)(C)O[C@@H]21)(CC)CC. The molecule has 4 saturated heterocycles. The molecule has 2 aromatic heterocycles. The van der Waals surface area contributed by atoms with Gasteiger partial charge in [0.05, 0.1) is 0 Å². The van der Waals surface area contributed by atoms with E-state index in [0.717, 1.165) is 18.1 Å². The maximum absolute atomic E-state index is 14.5. The molecule has 0 saturated carbocycles. The molecule has 19 heteroatoms. The lowest BCUT2D eigenvalue weighted by Crippen LogP contribution is -2.54. The summed E-state index contributed by atoms with van der Waals surface area (Å²) in [6.07, 6.45) is -7.40. The van der Waals surface area contributed by atoms with Crippen molar-refractivity contribution in [2.24, 2.45) is 0 Å². The van der Waals surface area contributed by atoms with Gasteiger partial charge in [-0.1, -0.05) is 116 Å². The summed E-state index contributed by atoms with van der Waals surface area (Å²) in [5, 5.41) is 0. The van der Waals surface area contributed by atoms with E-state index in [4.69, 9.17) is 37.3 Å². The van der Waals surface area contributed by atoms with Crippen molar-refractivity contribution in [3.8, 4) is 23.3 Å². The zero-order valence-electron chi connectivity index (χ0n) is 45.9. The maximum atomic E-state index is 14.5. The Labute approximate surface area is 424 Å². The molecule has 2 N–H and O–H groups in total. The molecule has 0 aromatic carbocycles. The summed E-state index contributed by atoms with van der Waals surface area (Å²) in [5.74, 6) is 8.14. The predicted molar refractivity (Wildman–Crippen MR) is 282 cm³/mol. The van der Waals surface area contributed by atoms with Crippen molar-refractivity contribution in [2.45, 2.75) is 256 Å². The zero-order valence-corrected chi connectivity index (χ0v) is 48.9. The lowest BCUT2D eigenvalue weighted by molar-refractivity contribution is -0.204. The summed E-state index contributed by atoms with van der Waals surface area (Å²) in [4.78, 5) is 58.3. The number of ether oxygens (including phenoxy) is 6. The van der Waals surface area contributed by atoms with E-state index in [9.17, 15) is 19.2 Å². The number of hydrogen-bond acceptors (Lipinski definition) is 12. The normalized spacial score (nSPS) is 27.1. The van der Waals surface area contributed by atoms with Gasteiger partial charge < -0.3 is 37.3 Å². The minimum Gasteiger partial charge on any atom is -0.400 e. The summed E-state index contributed by atoms with van der Waals surface area (Å²) >= 11 is 0. The van der Waals surface area contributed by atoms with Gasteiger partial charge in [-0.2, -0.15) is 0 Å². The van der Waals surface area contributed by atoms with E-state index in [1.165, 1.54) is 27.5 Å². The van der Waals surface area contributed by atoms with Crippen LogP contribution in [0.25, 0.3) is 0 Å². The van der Waals surface area contributed by atoms with Crippen LogP contribution < -0.4 is 22.5 Å². The van der Waals surface area contributed by atoms with E-state index in [2.05, 4.69) is 137 Å². The molecule has 4 aliphatic rings. The number of nitrogens with one attached hydrogen (secondary N) is 2. The average molecular weight is 1040 g/mol. The van der Waals surface area contributed by atoms with Crippen LogP contribution in [0, 0.1) is 23.3 Å². The highest BCUT2D eigenvalue weighted by atomic mass is 28.4. The molecule has 396 valence electrons. The molecular weight excluding hydrogens is 957 g/mol. The Morgan fingerprint density at radius 2 is 1.00 bits per heavy atom. The van der Waals surface area contributed by atoms with Gasteiger partial charge in [0.2, 0.25) is 16.6 Å². The maximum Gasteiger partial charge on any atom is 0.331 e. The Morgan fingerprint density at radius 3 is 1.44 bits per heavy atom. The van der Waals surface area contributed by atoms with Crippen LogP contribution in [-0.2, 0) is 37.3 Å². The highest BCUT2D eigenvalue weighted by Gasteiger charge is 2.62. The highest BCUT2D eigenvalue weighted by Crippen LogP contribution is 2.50. The third-order valence-corrected chi connectivity index (χ3v) is 32.9. The first kappa shape index (κ1) is 57.1. The molecule has 0 radical (unpaired) electrons. The second kappa shape index (κ2) is 21.6. The molecule has 0 unspecified atom stereocenters. The van der Waals surface area contributed by atoms with Crippen molar-refractivity contribution in [2.75, 3.05) is 0 Å². The first-order valence-corrected chi connectivity index (χ1v) is 33.0. The molecule has 4 fully saturated rings. The van der Waals surface area contributed by atoms with E-state index in [1.807, 2.05) is 13.8 Å². The molecule has 0 aliphatic carbocycles. The third-order valence-electron chi connectivity index (χ3n) is 16.0. The van der Waals surface area contributed by atoms with Crippen LogP contribution in [0.2, 0.25) is 51.4 Å². The number of rotatable bonds is 17. The summed E-state index contributed by atoms with van der Waals surface area (Å²) in [6.45, 7) is 40.3. The lowest BCUT2D eigenvalue weighted by atomic mass is 10.1. The second-order valence-electron chi connectivity index (χ2n) is 22.9. The van der Waals surface area contributed by atoms with Crippen molar-refractivity contribution < 1.29 is 37.3 Å². The van der Waals surface area contributed by atoms with Crippen LogP contribution in [0.5, 0.6) is 0 Å². The van der Waals surface area contributed by atoms with E-state index < -0.39 is 120 Å². The number of nitrogens with zero attached hydrogens (tertiary/aromatic N) is 2. The van der Waals surface area contributed by atoms with Gasteiger partial charge in [0.1, 0.15) is 62.6 Å². The molecule has 16 nitrogen and oxygen atoms in total. The fourth-order valence-electron chi connectivity index (χ4n) is 12.6. The van der Waals surface area contributed by atoms with Gasteiger partial charge in [-0.25, -0.2) is 9.59 Å². The quantitative estimate of drug-likeness (QED) is 0.114. The summed E-state index contributed by atoms with van der Waals surface area (Å²) in [5.41, 5.74) is 2.30. The highest BCUT2D eigenvalue weighted by molar-refractivity contribution is 6.87. The Balaban J connectivity index is 1.54. The van der Waals surface area contributed by atoms with Crippen molar-refractivity contribution in [1.29, 1.82) is 0 Å². The Kier molecular flexibility index (Phi) is 17.3. The predicted octanol–water partition coefficient (Wildman–Crippen LogP) is 8.45. The molecule has 0 spiro atoms. The van der Waals surface area contributed by atoms with Crippen molar-refractivity contribution in [3.63, 3.8) is 0 Å². The van der Waals surface area contributed by atoms with Crippen LogP contribution in [0.3, 0.4) is 0 Å². The summed E-state index contributed by atoms with van der Waals surface area (Å²) in [7, 11) is -7.41. The topological polar surface area (TPSA) is 184 Å². The molecule has 0 amide bonds. The van der Waals surface area contributed by atoms with Gasteiger partial charge in [-0.15, -0.1) is 5.54 Å². The monoisotopic (exact) mass is 1040 g/mol. The number of aromatic amines is 2. The van der Waals surface area contributed by atoms with Crippen molar-refractivity contribution in [3.05, 3.63) is 65.7 Å². The molecule has 2 aromatic rings. The van der Waals surface area contributed by atoms with Crippen molar-refractivity contribution in [1.82, 2.24) is 19.1 Å². The molecular formula is C52H84N4O12Si3. The lowest BCUT2D eigenvalue weighted by Gasteiger charge is -2.45. The minimum absolute atomic E-state index is 0.0519. The standard InChI is InChI=1S/C52H84N4O12Si3/c1-20-69(21-2,22-3)28-26-38(68-71(33(10)11,34(12)13)35(14)15)42-44-46(66-52(18,19)64-44)48(62-42)56-36(29-40(58)54-50(56)60)23-24-37(67-70(30(4)5,31(6)7)32(8)9)41-43-45(65-51(16,17)63-43)47(61-41)55-27-25-39(57)53-49(55)59/h25,27,29-35,37-38,41-48H,20-22H2,1-19H3,(H,53,57,59)(H,54,58,60)/t37-,38-,41-,42-,43-,44-,45-,46-,47-,48-/m1/s1. The number of fused-ring (bicyclic) bond motifs is 2. The molecule has 4 aliphatic heterocycles. The smallest absolute Gasteiger partial charge is 0.331 e. The molecule has 6 rings (SSSR count). The van der Waals surface area contributed by atoms with Gasteiger partial charge in [0.25, 0.3) is 11.1 Å². The number of aromatic nitrogens is 4.